The van der Waals surface area contributed by atoms with Crippen LogP contribution in [0.3, 0.4) is 0 Å². The van der Waals surface area contributed by atoms with Crippen molar-refractivity contribution in [3.63, 3.8) is 0 Å². The highest BCUT2D eigenvalue weighted by Crippen LogP contribution is 2.46. The number of rotatable bonds is 6. The van der Waals surface area contributed by atoms with Gasteiger partial charge in [0.15, 0.2) is 0 Å². The molecule has 0 bridgehead atoms. The Morgan fingerprint density at radius 3 is 2.09 bits per heavy atom. The van der Waals surface area contributed by atoms with E-state index >= 15 is 0 Å². The molecule has 0 fully saturated rings. The van der Waals surface area contributed by atoms with Gasteiger partial charge in [-0.3, -0.25) is 14.4 Å². The Kier molecular flexibility index (Phi) is 5.03. The lowest BCUT2D eigenvalue weighted by atomic mass is 9.74. The highest BCUT2D eigenvalue weighted by molar-refractivity contribution is 6.08. The molecule has 0 unspecified atom stereocenters. The van der Waals surface area contributed by atoms with Crippen molar-refractivity contribution < 1.29 is 23.9 Å². The molecular weight excluding hydrogens is 298 g/mol. The molecule has 1 aromatic carbocycles. The Hall–Kier alpha value is -2.37. The predicted molar refractivity (Wildman–Crippen MR) is 84.0 cm³/mol. The highest BCUT2D eigenvalue weighted by Gasteiger charge is 2.49. The molecule has 0 N–H and O–H groups in total. The second kappa shape index (κ2) is 6.81. The van der Waals surface area contributed by atoms with Crippen LogP contribution in [0.25, 0.3) is 0 Å². The van der Waals surface area contributed by atoms with Crippen molar-refractivity contribution in [3.05, 3.63) is 29.8 Å². The fourth-order valence-electron chi connectivity index (χ4n) is 3.16. The zero-order valence-electron chi connectivity index (χ0n) is 13.6. The third-order valence-electron chi connectivity index (χ3n) is 4.46. The lowest BCUT2D eigenvalue weighted by molar-refractivity contribution is -0.141. The Balaban J connectivity index is 2.38. The van der Waals surface area contributed by atoms with E-state index in [9.17, 15) is 14.4 Å². The van der Waals surface area contributed by atoms with Gasteiger partial charge < -0.3 is 14.4 Å². The standard InChI is InChI=1S/C17H21NO5/c1-18-13-7-5-4-6-12(13)17(16(18)21,10-8-14(19)22-2)11-9-15(20)23-3/h4-7H,8-11H2,1-3H3. The molecule has 124 valence electrons. The first-order valence-corrected chi connectivity index (χ1v) is 7.47. The molecule has 23 heavy (non-hydrogen) atoms. The summed E-state index contributed by atoms with van der Waals surface area (Å²) in [6.07, 6.45) is 0.838. The van der Waals surface area contributed by atoms with E-state index in [2.05, 4.69) is 0 Å². The Bertz CT molecular complexity index is 605. The van der Waals surface area contributed by atoms with Crippen LogP contribution in [-0.2, 0) is 29.3 Å². The third-order valence-corrected chi connectivity index (χ3v) is 4.46. The lowest BCUT2D eigenvalue weighted by Gasteiger charge is -2.27. The molecule has 0 spiro atoms. The van der Waals surface area contributed by atoms with Crippen LogP contribution in [0.4, 0.5) is 5.69 Å². The SMILES string of the molecule is COC(=O)CCC1(CCC(=O)OC)C(=O)N(C)c2ccccc21. The van der Waals surface area contributed by atoms with Crippen molar-refractivity contribution in [1.29, 1.82) is 0 Å². The molecule has 1 heterocycles. The first-order chi connectivity index (χ1) is 11.0. The quantitative estimate of drug-likeness (QED) is 0.748. The van der Waals surface area contributed by atoms with Crippen LogP contribution in [0.15, 0.2) is 24.3 Å². The van der Waals surface area contributed by atoms with Crippen LogP contribution in [0.2, 0.25) is 0 Å². The fourth-order valence-corrected chi connectivity index (χ4v) is 3.16. The van der Waals surface area contributed by atoms with Crippen molar-refractivity contribution in [3.8, 4) is 0 Å². The van der Waals surface area contributed by atoms with Gasteiger partial charge in [0.2, 0.25) is 5.91 Å². The van der Waals surface area contributed by atoms with Gasteiger partial charge in [-0.05, 0) is 24.5 Å². The number of benzene rings is 1. The number of fused-ring (bicyclic) bond motifs is 1. The van der Waals surface area contributed by atoms with E-state index in [0.717, 1.165) is 11.3 Å². The Morgan fingerprint density at radius 1 is 1.04 bits per heavy atom. The van der Waals surface area contributed by atoms with E-state index in [1.165, 1.54) is 14.2 Å². The maximum Gasteiger partial charge on any atom is 0.305 e. The maximum absolute atomic E-state index is 12.9. The van der Waals surface area contributed by atoms with Crippen molar-refractivity contribution in [2.24, 2.45) is 0 Å². The minimum atomic E-state index is -0.895. The van der Waals surface area contributed by atoms with E-state index < -0.39 is 5.41 Å². The number of carbonyl (C=O) groups is 3. The summed E-state index contributed by atoms with van der Waals surface area (Å²) in [6, 6.07) is 7.46. The van der Waals surface area contributed by atoms with E-state index in [4.69, 9.17) is 9.47 Å². The summed E-state index contributed by atoms with van der Waals surface area (Å²) >= 11 is 0. The molecule has 2 rings (SSSR count). The summed E-state index contributed by atoms with van der Waals surface area (Å²) in [4.78, 5) is 37.6. The van der Waals surface area contributed by atoms with Crippen LogP contribution in [0.5, 0.6) is 0 Å². The van der Waals surface area contributed by atoms with Gasteiger partial charge in [0.25, 0.3) is 0 Å². The number of esters is 2. The predicted octanol–water partition coefficient (Wildman–Crippen LogP) is 1.81. The number of hydrogen-bond acceptors (Lipinski definition) is 5. The van der Waals surface area contributed by atoms with Crippen molar-refractivity contribution in [2.45, 2.75) is 31.1 Å². The summed E-state index contributed by atoms with van der Waals surface area (Å²) in [5.41, 5.74) is 0.765. The summed E-state index contributed by atoms with van der Waals surface area (Å²) in [6.45, 7) is 0. The second-order valence-electron chi connectivity index (χ2n) is 5.62. The van der Waals surface area contributed by atoms with Gasteiger partial charge in [0.05, 0.1) is 19.6 Å². The first-order valence-electron chi connectivity index (χ1n) is 7.47. The molecular formula is C17H21NO5. The van der Waals surface area contributed by atoms with Crippen LogP contribution in [0.1, 0.15) is 31.2 Å². The van der Waals surface area contributed by atoms with Crippen molar-refractivity contribution in [2.75, 3.05) is 26.2 Å². The van der Waals surface area contributed by atoms with E-state index in [0.29, 0.717) is 12.8 Å². The molecule has 1 aliphatic rings. The third kappa shape index (κ3) is 3.06. The Morgan fingerprint density at radius 2 is 1.57 bits per heavy atom. The molecule has 1 aliphatic heterocycles. The molecule has 0 atom stereocenters. The van der Waals surface area contributed by atoms with E-state index in [1.807, 2.05) is 24.3 Å². The summed E-state index contributed by atoms with van der Waals surface area (Å²) < 4.78 is 9.39. The molecule has 1 aromatic rings. The average Bonchev–Trinajstić information content (AvgIpc) is 2.80. The number of methoxy groups -OCH3 is 2. The van der Waals surface area contributed by atoms with Crippen molar-refractivity contribution in [1.82, 2.24) is 0 Å². The smallest absolute Gasteiger partial charge is 0.305 e. The van der Waals surface area contributed by atoms with Crippen molar-refractivity contribution >= 4 is 23.5 Å². The monoisotopic (exact) mass is 319 g/mol. The van der Waals surface area contributed by atoms with Gasteiger partial charge in [-0.2, -0.15) is 0 Å². The van der Waals surface area contributed by atoms with Gasteiger partial charge in [-0.1, -0.05) is 18.2 Å². The molecule has 0 radical (unpaired) electrons. The van der Waals surface area contributed by atoms with Gasteiger partial charge in [0.1, 0.15) is 0 Å². The molecule has 0 aromatic heterocycles. The van der Waals surface area contributed by atoms with Crippen LogP contribution in [0, 0.1) is 0 Å². The minimum absolute atomic E-state index is 0.105. The molecule has 6 heteroatoms. The van der Waals surface area contributed by atoms with Crippen LogP contribution in [-0.4, -0.2) is 39.1 Å². The van der Waals surface area contributed by atoms with E-state index in [-0.39, 0.29) is 30.7 Å². The van der Waals surface area contributed by atoms with Gasteiger partial charge in [-0.25, -0.2) is 0 Å². The summed E-state index contributed by atoms with van der Waals surface area (Å²) in [7, 11) is 4.35. The summed E-state index contributed by atoms with van der Waals surface area (Å²) in [5, 5.41) is 0. The number of ether oxygens (including phenoxy) is 2. The zero-order chi connectivity index (χ0) is 17.0. The molecule has 0 saturated heterocycles. The largest absolute Gasteiger partial charge is 0.469 e. The topological polar surface area (TPSA) is 72.9 Å². The number of nitrogens with zero attached hydrogens (tertiary/aromatic N) is 1. The number of amides is 1. The van der Waals surface area contributed by atoms with E-state index in [1.54, 1.807) is 11.9 Å². The zero-order valence-corrected chi connectivity index (χ0v) is 13.6. The fraction of sp³-hybridized carbons (Fsp3) is 0.471. The number of para-hydroxylation sites is 1. The Labute approximate surface area is 135 Å². The summed E-state index contributed by atoms with van der Waals surface area (Å²) in [5.74, 6) is -0.851. The number of likely N-dealkylation sites (N-methyl/N-ethyl adjacent to an activating group) is 1. The molecule has 1 amide bonds. The normalized spacial score (nSPS) is 15.3. The maximum atomic E-state index is 12.9. The highest BCUT2D eigenvalue weighted by atomic mass is 16.5. The van der Waals surface area contributed by atoms with Gasteiger partial charge in [0, 0.05) is 25.6 Å². The van der Waals surface area contributed by atoms with Crippen LogP contribution >= 0.6 is 0 Å². The van der Waals surface area contributed by atoms with Gasteiger partial charge >= 0.3 is 11.9 Å². The van der Waals surface area contributed by atoms with Crippen LogP contribution < -0.4 is 4.90 Å². The average molecular weight is 319 g/mol. The molecule has 6 nitrogen and oxygen atoms in total. The second-order valence-corrected chi connectivity index (χ2v) is 5.62. The number of hydrogen-bond donors (Lipinski definition) is 0. The minimum Gasteiger partial charge on any atom is -0.469 e. The lowest BCUT2D eigenvalue weighted by Crippen LogP contribution is -2.39. The molecule has 0 saturated carbocycles. The number of anilines is 1. The van der Waals surface area contributed by atoms with Gasteiger partial charge in [-0.15, -0.1) is 0 Å². The molecule has 0 aliphatic carbocycles. The number of carbonyl (C=O) groups excluding carboxylic acids is 3. The first kappa shape index (κ1) is 17.0.